The standard InChI is InChI=1S/C75H144O6/c1-4-7-10-13-16-19-22-25-28-31-34-37-39-41-44-47-50-53-56-59-62-65-68-74(77)80-71-72(70-79-73(76)67-64-61-58-55-52-49-46-43-40-36-33-30-27-24-21-18-15-12-9-6-3)81-75(78)69-66-63-60-57-54-51-48-45-42-38-35-32-29-26-23-20-17-14-11-8-5-2/h32,35,72H,4-31,33-34,36-71H2,1-3H3/b35-32-. The van der Waals surface area contributed by atoms with E-state index in [1.807, 2.05) is 0 Å². The molecular formula is C75H144O6. The number of esters is 3. The van der Waals surface area contributed by atoms with Crippen molar-refractivity contribution in [3.63, 3.8) is 0 Å². The molecule has 0 amide bonds. The van der Waals surface area contributed by atoms with Crippen LogP contribution in [0, 0.1) is 0 Å². The molecule has 0 aliphatic heterocycles. The average molecular weight is 1140 g/mol. The van der Waals surface area contributed by atoms with E-state index in [9.17, 15) is 14.4 Å². The topological polar surface area (TPSA) is 78.9 Å². The van der Waals surface area contributed by atoms with Crippen molar-refractivity contribution >= 4 is 17.9 Å². The Morgan fingerprint density at radius 1 is 0.235 bits per heavy atom. The molecule has 6 heteroatoms. The lowest BCUT2D eigenvalue weighted by molar-refractivity contribution is -0.167. The SMILES string of the molecule is CCCCCCCCCC/C=C\CCCCCCCCCCCC(=O)OC(COC(=O)CCCCCCCCCCCCCCCCCCCCCC)COC(=O)CCCCCCCCCCCCCCCCCCCCCCCC. The maximum Gasteiger partial charge on any atom is 0.306 e. The van der Waals surface area contributed by atoms with Crippen LogP contribution in [0.25, 0.3) is 0 Å². The van der Waals surface area contributed by atoms with Crippen LogP contribution in [0.5, 0.6) is 0 Å². The molecule has 0 fully saturated rings. The molecule has 0 rings (SSSR count). The van der Waals surface area contributed by atoms with Crippen LogP contribution in [-0.4, -0.2) is 37.2 Å². The lowest BCUT2D eigenvalue weighted by atomic mass is 10.0. The zero-order chi connectivity index (χ0) is 58.5. The van der Waals surface area contributed by atoms with E-state index in [-0.39, 0.29) is 31.1 Å². The minimum atomic E-state index is -0.768. The fourth-order valence-electron chi connectivity index (χ4n) is 11.7. The lowest BCUT2D eigenvalue weighted by Crippen LogP contribution is -2.30. The van der Waals surface area contributed by atoms with Crippen LogP contribution >= 0.6 is 0 Å². The van der Waals surface area contributed by atoms with Gasteiger partial charge in [0.2, 0.25) is 0 Å². The van der Waals surface area contributed by atoms with Gasteiger partial charge in [0.25, 0.3) is 0 Å². The molecule has 0 aromatic heterocycles. The largest absolute Gasteiger partial charge is 0.462 e. The zero-order valence-corrected chi connectivity index (χ0v) is 55.4. The Morgan fingerprint density at radius 2 is 0.407 bits per heavy atom. The molecule has 0 aromatic carbocycles. The highest BCUT2D eigenvalue weighted by atomic mass is 16.6. The number of unbranched alkanes of at least 4 members (excludes halogenated alkanes) is 57. The van der Waals surface area contributed by atoms with Gasteiger partial charge < -0.3 is 14.2 Å². The highest BCUT2D eigenvalue weighted by Crippen LogP contribution is 2.19. The Bertz CT molecular complexity index is 1260. The Hall–Kier alpha value is -1.85. The number of hydrogen-bond acceptors (Lipinski definition) is 6. The Kier molecular flexibility index (Phi) is 69.0. The van der Waals surface area contributed by atoms with Crippen LogP contribution in [0.4, 0.5) is 0 Å². The van der Waals surface area contributed by atoms with Crippen molar-refractivity contribution in [1.82, 2.24) is 0 Å². The van der Waals surface area contributed by atoms with Crippen molar-refractivity contribution in [3.8, 4) is 0 Å². The van der Waals surface area contributed by atoms with Gasteiger partial charge in [-0.15, -0.1) is 0 Å². The summed E-state index contributed by atoms with van der Waals surface area (Å²) in [5.74, 6) is -0.825. The summed E-state index contributed by atoms with van der Waals surface area (Å²) in [6.07, 6.45) is 85.3. The quantitative estimate of drug-likeness (QED) is 0.0261. The van der Waals surface area contributed by atoms with Crippen molar-refractivity contribution in [2.45, 2.75) is 438 Å². The van der Waals surface area contributed by atoms with Crippen LogP contribution in [0.3, 0.4) is 0 Å². The van der Waals surface area contributed by atoms with Gasteiger partial charge in [0, 0.05) is 19.3 Å². The highest BCUT2D eigenvalue weighted by Gasteiger charge is 2.20. The summed E-state index contributed by atoms with van der Waals surface area (Å²) in [4.78, 5) is 38.5. The van der Waals surface area contributed by atoms with E-state index in [2.05, 4.69) is 32.9 Å². The van der Waals surface area contributed by atoms with Gasteiger partial charge >= 0.3 is 17.9 Å². The second kappa shape index (κ2) is 70.6. The first-order chi connectivity index (χ1) is 40.0. The molecule has 0 aliphatic carbocycles. The molecule has 480 valence electrons. The number of carbonyl (C=O) groups is 3. The number of ether oxygens (including phenoxy) is 3. The third-order valence-corrected chi connectivity index (χ3v) is 17.3. The minimum absolute atomic E-state index is 0.0634. The minimum Gasteiger partial charge on any atom is -0.462 e. The van der Waals surface area contributed by atoms with Gasteiger partial charge in [0.1, 0.15) is 13.2 Å². The molecule has 0 aromatic rings. The third kappa shape index (κ3) is 68.8. The number of allylic oxidation sites excluding steroid dienone is 2. The van der Waals surface area contributed by atoms with E-state index < -0.39 is 6.10 Å². The maximum atomic E-state index is 13.0. The fraction of sp³-hybridized carbons (Fsp3) is 0.933. The van der Waals surface area contributed by atoms with Gasteiger partial charge in [0.15, 0.2) is 6.10 Å². The molecule has 0 N–H and O–H groups in total. The van der Waals surface area contributed by atoms with Crippen LogP contribution < -0.4 is 0 Å². The van der Waals surface area contributed by atoms with Gasteiger partial charge in [0.05, 0.1) is 0 Å². The monoisotopic (exact) mass is 1140 g/mol. The van der Waals surface area contributed by atoms with Crippen molar-refractivity contribution in [2.75, 3.05) is 13.2 Å². The second-order valence-corrected chi connectivity index (χ2v) is 25.6. The van der Waals surface area contributed by atoms with Crippen LogP contribution in [-0.2, 0) is 28.6 Å². The summed E-state index contributed by atoms with van der Waals surface area (Å²) in [7, 11) is 0. The van der Waals surface area contributed by atoms with E-state index >= 15 is 0 Å². The number of rotatable bonds is 70. The zero-order valence-electron chi connectivity index (χ0n) is 55.4. The number of carbonyl (C=O) groups excluding carboxylic acids is 3. The number of hydrogen-bond donors (Lipinski definition) is 0. The van der Waals surface area contributed by atoms with Crippen molar-refractivity contribution < 1.29 is 28.6 Å². The molecule has 0 spiro atoms. The van der Waals surface area contributed by atoms with Crippen molar-refractivity contribution in [2.24, 2.45) is 0 Å². The van der Waals surface area contributed by atoms with Gasteiger partial charge in [-0.05, 0) is 44.9 Å². The van der Waals surface area contributed by atoms with E-state index in [1.165, 1.54) is 334 Å². The Labute approximate surface area is 507 Å². The molecule has 1 unspecified atom stereocenters. The van der Waals surface area contributed by atoms with E-state index in [0.29, 0.717) is 19.3 Å². The lowest BCUT2D eigenvalue weighted by Gasteiger charge is -2.18. The summed E-state index contributed by atoms with van der Waals surface area (Å²) in [6.45, 7) is 6.75. The van der Waals surface area contributed by atoms with Gasteiger partial charge in [-0.3, -0.25) is 14.4 Å². The molecule has 0 saturated heterocycles. The molecule has 0 saturated carbocycles. The summed E-state index contributed by atoms with van der Waals surface area (Å²) >= 11 is 0. The molecule has 0 radical (unpaired) electrons. The highest BCUT2D eigenvalue weighted by molar-refractivity contribution is 5.71. The maximum absolute atomic E-state index is 13.0. The van der Waals surface area contributed by atoms with Gasteiger partial charge in [-0.2, -0.15) is 0 Å². The Balaban J connectivity index is 4.28. The summed E-state index contributed by atoms with van der Waals surface area (Å²) in [6, 6.07) is 0. The molecular weight excluding hydrogens is 997 g/mol. The molecule has 1 atom stereocenters. The van der Waals surface area contributed by atoms with E-state index in [1.54, 1.807) is 0 Å². The Morgan fingerprint density at radius 3 is 0.617 bits per heavy atom. The van der Waals surface area contributed by atoms with Crippen LogP contribution in [0.2, 0.25) is 0 Å². The van der Waals surface area contributed by atoms with Crippen molar-refractivity contribution in [1.29, 1.82) is 0 Å². The molecule has 81 heavy (non-hydrogen) atoms. The predicted molar refractivity (Wildman–Crippen MR) is 353 cm³/mol. The smallest absolute Gasteiger partial charge is 0.306 e. The normalized spacial score (nSPS) is 12.0. The molecule has 0 bridgehead atoms. The first-order valence-corrected chi connectivity index (χ1v) is 37.2. The van der Waals surface area contributed by atoms with Gasteiger partial charge in [-0.1, -0.05) is 380 Å². The van der Waals surface area contributed by atoms with Crippen LogP contribution in [0.1, 0.15) is 432 Å². The molecule has 0 aliphatic rings. The summed E-state index contributed by atoms with van der Waals surface area (Å²) in [5, 5.41) is 0. The first-order valence-electron chi connectivity index (χ1n) is 37.2. The fourth-order valence-corrected chi connectivity index (χ4v) is 11.7. The van der Waals surface area contributed by atoms with E-state index in [0.717, 1.165) is 57.8 Å². The average Bonchev–Trinajstić information content (AvgIpc) is 3.47. The second-order valence-electron chi connectivity index (χ2n) is 25.6. The summed E-state index contributed by atoms with van der Waals surface area (Å²) in [5.41, 5.74) is 0. The van der Waals surface area contributed by atoms with Crippen molar-refractivity contribution in [3.05, 3.63) is 12.2 Å². The molecule has 6 nitrogen and oxygen atoms in total. The summed E-state index contributed by atoms with van der Waals surface area (Å²) < 4.78 is 17.1. The van der Waals surface area contributed by atoms with Crippen LogP contribution in [0.15, 0.2) is 12.2 Å². The first kappa shape index (κ1) is 79.2. The predicted octanol–water partition coefficient (Wildman–Crippen LogP) is 25.6. The van der Waals surface area contributed by atoms with Gasteiger partial charge in [-0.25, -0.2) is 0 Å². The molecule has 0 heterocycles. The third-order valence-electron chi connectivity index (χ3n) is 17.3. The van der Waals surface area contributed by atoms with E-state index in [4.69, 9.17) is 14.2 Å².